The molecule has 45 heavy (non-hydrogen) atoms. The van der Waals surface area contributed by atoms with Crippen LogP contribution in [0.15, 0.2) is 150 Å². The van der Waals surface area contributed by atoms with Gasteiger partial charge in [0.1, 0.15) is 5.52 Å². The molecule has 1 aliphatic carbocycles. The Morgan fingerprint density at radius 1 is 0.511 bits per heavy atom. The van der Waals surface area contributed by atoms with E-state index in [4.69, 9.17) is 9.40 Å². The molecule has 3 heteroatoms. The summed E-state index contributed by atoms with van der Waals surface area (Å²) < 4.78 is 6.49. The predicted molar refractivity (Wildman–Crippen MR) is 187 cm³/mol. The van der Waals surface area contributed by atoms with Gasteiger partial charge in [0, 0.05) is 28.0 Å². The molecule has 1 heterocycles. The van der Waals surface area contributed by atoms with Crippen molar-refractivity contribution in [3.8, 4) is 22.6 Å². The molecule has 1 aliphatic rings. The summed E-state index contributed by atoms with van der Waals surface area (Å²) in [6.45, 7) is 4.64. The molecule has 9 rings (SSSR count). The van der Waals surface area contributed by atoms with Gasteiger partial charge >= 0.3 is 0 Å². The van der Waals surface area contributed by atoms with E-state index in [0.717, 1.165) is 39.1 Å². The first-order chi connectivity index (χ1) is 22.0. The van der Waals surface area contributed by atoms with E-state index in [-0.39, 0.29) is 5.41 Å². The highest BCUT2D eigenvalue weighted by atomic mass is 16.3. The number of anilines is 3. The molecule has 0 unspecified atom stereocenters. The zero-order chi connectivity index (χ0) is 30.1. The monoisotopic (exact) mass is 578 g/mol. The van der Waals surface area contributed by atoms with Gasteiger partial charge in [0.05, 0.1) is 0 Å². The molecule has 0 atom stereocenters. The fraction of sp³-hybridized carbons (Fsp3) is 0.0714. The molecule has 1 aromatic heterocycles. The van der Waals surface area contributed by atoms with Crippen LogP contribution in [0.3, 0.4) is 0 Å². The van der Waals surface area contributed by atoms with Crippen molar-refractivity contribution in [2.24, 2.45) is 0 Å². The van der Waals surface area contributed by atoms with Gasteiger partial charge < -0.3 is 9.32 Å². The molecular formula is C42H30N2O. The number of nitrogens with zero attached hydrogens (tertiary/aromatic N) is 2. The average Bonchev–Trinajstić information content (AvgIpc) is 3.59. The lowest BCUT2D eigenvalue weighted by Gasteiger charge is -2.26. The van der Waals surface area contributed by atoms with Crippen LogP contribution in [0.1, 0.15) is 25.0 Å². The lowest BCUT2D eigenvalue weighted by molar-refractivity contribution is 0.620. The van der Waals surface area contributed by atoms with E-state index in [9.17, 15) is 0 Å². The van der Waals surface area contributed by atoms with Gasteiger partial charge in [-0.3, -0.25) is 0 Å². The molecule has 8 aromatic rings. The van der Waals surface area contributed by atoms with Crippen molar-refractivity contribution in [1.29, 1.82) is 0 Å². The van der Waals surface area contributed by atoms with Crippen molar-refractivity contribution in [3.63, 3.8) is 0 Å². The highest BCUT2D eigenvalue weighted by Gasteiger charge is 2.37. The Balaban J connectivity index is 1.20. The molecule has 0 saturated heterocycles. The first-order valence-corrected chi connectivity index (χ1v) is 15.5. The lowest BCUT2D eigenvalue weighted by atomic mass is 9.82. The summed E-state index contributed by atoms with van der Waals surface area (Å²) in [6, 6.07) is 51.8. The van der Waals surface area contributed by atoms with Gasteiger partial charge in [-0.15, -0.1) is 0 Å². The zero-order valence-electron chi connectivity index (χ0n) is 25.2. The predicted octanol–water partition coefficient (Wildman–Crippen LogP) is 11.6. The summed E-state index contributed by atoms with van der Waals surface area (Å²) in [5.41, 5.74) is 11.1. The number of rotatable bonds is 4. The Morgan fingerprint density at radius 3 is 1.96 bits per heavy atom. The number of hydrogen-bond acceptors (Lipinski definition) is 3. The van der Waals surface area contributed by atoms with Crippen molar-refractivity contribution in [1.82, 2.24) is 4.98 Å². The van der Waals surface area contributed by atoms with Gasteiger partial charge in [0.25, 0.3) is 0 Å². The topological polar surface area (TPSA) is 29.3 Å². The summed E-state index contributed by atoms with van der Waals surface area (Å²) >= 11 is 0. The van der Waals surface area contributed by atoms with E-state index in [0.29, 0.717) is 5.89 Å². The van der Waals surface area contributed by atoms with Gasteiger partial charge in [0.2, 0.25) is 5.89 Å². The molecule has 0 aliphatic heterocycles. The summed E-state index contributed by atoms with van der Waals surface area (Å²) in [4.78, 5) is 7.33. The van der Waals surface area contributed by atoms with Gasteiger partial charge in [-0.2, -0.15) is 0 Å². The second kappa shape index (κ2) is 9.67. The van der Waals surface area contributed by atoms with Crippen molar-refractivity contribution >= 4 is 49.7 Å². The highest BCUT2D eigenvalue weighted by molar-refractivity contribution is 5.99. The SMILES string of the molecule is CC1(C)c2cc3ccc(N(c4ccccc4)c4ccccc4)cc3cc2-c2cc3oc(-c4cccc5ccccc45)nc3cc21. The maximum atomic E-state index is 6.49. The molecule has 0 bridgehead atoms. The van der Waals surface area contributed by atoms with Crippen LogP contribution in [0.4, 0.5) is 17.1 Å². The quantitative estimate of drug-likeness (QED) is 0.208. The van der Waals surface area contributed by atoms with Crippen LogP contribution in [0, 0.1) is 0 Å². The average molecular weight is 579 g/mol. The minimum atomic E-state index is -0.162. The van der Waals surface area contributed by atoms with Crippen LogP contribution < -0.4 is 4.90 Å². The Hall–Kier alpha value is -5.67. The summed E-state index contributed by atoms with van der Waals surface area (Å²) in [5, 5.41) is 4.77. The third kappa shape index (κ3) is 4.01. The Kier molecular flexibility index (Phi) is 5.54. The van der Waals surface area contributed by atoms with Crippen LogP contribution >= 0.6 is 0 Å². The van der Waals surface area contributed by atoms with Crippen molar-refractivity contribution in [3.05, 3.63) is 157 Å². The molecule has 0 spiro atoms. The normalized spacial score (nSPS) is 13.3. The number of benzene rings is 7. The van der Waals surface area contributed by atoms with Crippen molar-refractivity contribution in [2.45, 2.75) is 19.3 Å². The summed E-state index contributed by atoms with van der Waals surface area (Å²) in [6.07, 6.45) is 0. The van der Waals surface area contributed by atoms with Gasteiger partial charge in [-0.25, -0.2) is 4.98 Å². The van der Waals surface area contributed by atoms with E-state index in [1.807, 2.05) is 0 Å². The van der Waals surface area contributed by atoms with Gasteiger partial charge in [0.15, 0.2) is 5.58 Å². The molecular weight excluding hydrogens is 548 g/mol. The zero-order valence-corrected chi connectivity index (χ0v) is 25.2. The third-order valence-corrected chi connectivity index (χ3v) is 9.43. The van der Waals surface area contributed by atoms with E-state index < -0.39 is 0 Å². The lowest BCUT2D eigenvalue weighted by Crippen LogP contribution is -2.15. The maximum Gasteiger partial charge on any atom is 0.227 e. The van der Waals surface area contributed by atoms with Crippen molar-refractivity contribution in [2.75, 3.05) is 4.90 Å². The van der Waals surface area contributed by atoms with E-state index in [2.05, 4.69) is 164 Å². The van der Waals surface area contributed by atoms with Crippen LogP contribution in [-0.2, 0) is 5.41 Å². The molecule has 0 N–H and O–H groups in total. The Morgan fingerprint density at radius 2 is 1.18 bits per heavy atom. The van der Waals surface area contributed by atoms with E-state index in [1.54, 1.807) is 0 Å². The molecule has 0 saturated carbocycles. The Labute approximate surface area is 262 Å². The van der Waals surface area contributed by atoms with Crippen LogP contribution in [-0.4, -0.2) is 4.98 Å². The number of aromatic nitrogens is 1. The molecule has 0 fully saturated rings. The third-order valence-electron chi connectivity index (χ3n) is 9.43. The number of oxazole rings is 1. The first kappa shape index (κ1) is 25.8. The molecule has 7 aromatic carbocycles. The van der Waals surface area contributed by atoms with Gasteiger partial charge in [-0.1, -0.05) is 92.7 Å². The molecule has 214 valence electrons. The fourth-order valence-corrected chi connectivity index (χ4v) is 7.15. The minimum Gasteiger partial charge on any atom is -0.436 e. The molecule has 0 radical (unpaired) electrons. The van der Waals surface area contributed by atoms with Gasteiger partial charge in [-0.05, 0) is 111 Å². The number of hydrogen-bond donors (Lipinski definition) is 0. The van der Waals surface area contributed by atoms with E-state index >= 15 is 0 Å². The second-order valence-electron chi connectivity index (χ2n) is 12.5. The summed E-state index contributed by atoms with van der Waals surface area (Å²) in [7, 11) is 0. The molecule has 3 nitrogen and oxygen atoms in total. The molecule has 0 amide bonds. The maximum absolute atomic E-state index is 6.49. The number of fused-ring (bicyclic) bond motifs is 6. The first-order valence-electron chi connectivity index (χ1n) is 15.5. The minimum absolute atomic E-state index is 0.162. The standard InChI is InChI=1S/C42H30N2O/c1-42(2)37-24-28-20-21-32(44(30-14-5-3-6-15-30)31-16-7-4-8-17-31)22-29(28)23-35(37)36-25-40-39(26-38(36)42)43-41(45-40)34-19-11-13-27-12-9-10-18-33(27)34/h3-26H,1-2H3. The van der Waals surface area contributed by atoms with Crippen LogP contribution in [0.5, 0.6) is 0 Å². The van der Waals surface area contributed by atoms with E-state index in [1.165, 1.54) is 38.4 Å². The highest BCUT2D eigenvalue weighted by Crippen LogP contribution is 2.51. The number of para-hydroxylation sites is 2. The summed E-state index contributed by atoms with van der Waals surface area (Å²) in [5.74, 6) is 0.661. The van der Waals surface area contributed by atoms with Crippen LogP contribution in [0.2, 0.25) is 0 Å². The fourth-order valence-electron chi connectivity index (χ4n) is 7.15. The van der Waals surface area contributed by atoms with Crippen LogP contribution in [0.25, 0.3) is 55.2 Å². The largest absolute Gasteiger partial charge is 0.436 e. The second-order valence-corrected chi connectivity index (χ2v) is 12.5. The smallest absolute Gasteiger partial charge is 0.227 e. The van der Waals surface area contributed by atoms with Crippen molar-refractivity contribution < 1.29 is 4.42 Å². The Bertz CT molecular complexity index is 2360.